The molecule has 0 spiro atoms. The lowest BCUT2D eigenvalue weighted by Gasteiger charge is -2.30. The van der Waals surface area contributed by atoms with E-state index >= 15 is 0 Å². The van der Waals surface area contributed by atoms with E-state index in [9.17, 15) is 9.59 Å². The van der Waals surface area contributed by atoms with Crippen LogP contribution in [0.1, 0.15) is 34.1 Å². The van der Waals surface area contributed by atoms with E-state index in [1.54, 1.807) is 32.2 Å². The van der Waals surface area contributed by atoms with Crippen LogP contribution in [0, 0.1) is 0 Å². The highest BCUT2D eigenvalue weighted by Gasteiger charge is 2.29. The Morgan fingerprint density at radius 1 is 1.00 bits per heavy atom. The summed E-state index contributed by atoms with van der Waals surface area (Å²) in [5, 5.41) is 3.50. The highest BCUT2D eigenvalue weighted by atomic mass is 16.5. The van der Waals surface area contributed by atoms with Crippen molar-refractivity contribution >= 4 is 28.5 Å². The number of aromatic nitrogens is 1. The summed E-state index contributed by atoms with van der Waals surface area (Å²) >= 11 is 0. The van der Waals surface area contributed by atoms with Crippen molar-refractivity contribution in [2.24, 2.45) is 0 Å². The molecule has 1 aliphatic heterocycles. The van der Waals surface area contributed by atoms with Gasteiger partial charge in [-0.25, -0.2) is 4.79 Å². The maximum Gasteiger partial charge on any atom is 0.339 e. The second kappa shape index (κ2) is 11.5. The minimum atomic E-state index is -1.05. The minimum absolute atomic E-state index is 0.439. The van der Waals surface area contributed by atoms with Gasteiger partial charge in [-0.2, -0.15) is 0 Å². The highest BCUT2D eigenvalue weighted by Crippen LogP contribution is 2.31. The first-order chi connectivity index (χ1) is 19.0. The first-order valence-electron chi connectivity index (χ1n) is 12.9. The highest BCUT2D eigenvalue weighted by molar-refractivity contribution is 6.06. The number of rotatable bonds is 8. The molecule has 1 atom stereocenters. The quantitative estimate of drug-likeness (QED) is 0.324. The Balaban J connectivity index is 1.39. The molecule has 3 aromatic carbocycles. The molecule has 2 heterocycles. The van der Waals surface area contributed by atoms with Gasteiger partial charge in [-0.3, -0.25) is 14.7 Å². The second-order valence-electron chi connectivity index (χ2n) is 9.48. The molecule has 0 saturated heterocycles. The number of nitrogens with zero attached hydrogens (tertiary/aromatic N) is 2. The largest absolute Gasteiger partial charge is 0.497 e. The van der Waals surface area contributed by atoms with Crippen LogP contribution in [-0.2, 0) is 29.0 Å². The monoisotopic (exact) mass is 525 g/mol. The average Bonchev–Trinajstić information content (AvgIpc) is 2.96. The number of esters is 1. The second-order valence-corrected chi connectivity index (χ2v) is 9.48. The Bertz CT molecular complexity index is 1510. The van der Waals surface area contributed by atoms with E-state index < -0.39 is 18.0 Å². The SMILES string of the molecule is COc1ccc(NC(=O)C(C)OC(=O)c2c3c(nc4ccccc24)CCN(Cc2ccccc2)C3)c(OC)c1. The molecule has 8 nitrogen and oxygen atoms in total. The normalized spacial score (nSPS) is 13.8. The molecule has 1 aliphatic rings. The molecule has 0 fully saturated rings. The van der Waals surface area contributed by atoms with Gasteiger partial charge in [0, 0.05) is 48.8 Å². The predicted octanol–water partition coefficient (Wildman–Crippen LogP) is 4.99. The first kappa shape index (κ1) is 26.2. The molecular formula is C31H31N3O5. The van der Waals surface area contributed by atoms with Crippen LogP contribution < -0.4 is 14.8 Å². The standard InChI is InChI=1S/C31H31N3O5/c1-20(30(35)33-27-14-13-22(37-2)17-28(27)38-3)39-31(36)29-23-11-7-8-12-25(23)32-26-15-16-34(19-24(26)29)18-21-9-5-4-6-10-21/h4-14,17,20H,15-16,18-19H2,1-3H3,(H,33,35). The van der Waals surface area contributed by atoms with E-state index in [-0.39, 0.29) is 0 Å². The topological polar surface area (TPSA) is 90.0 Å². The zero-order chi connectivity index (χ0) is 27.4. The van der Waals surface area contributed by atoms with Crippen LogP contribution >= 0.6 is 0 Å². The molecular weight excluding hydrogens is 494 g/mol. The lowest BCUT2D eigenvalue weighted by Crippen LogP contribution is -2.34. The Labute approximate surface area is 227 Å². The molecule has 1 amide bonds. The summed E-state index contributed by atoms with van der Waals surface area (Å²) in [4.78, 5) is 33.9. The number of methoxy groups -OCH3 is 2. The number of nitrogens with one attached hydrogen (secondary N) is 1. The third-order valence-electron chi connectivity index (χ3n) is 6.90. The van der Waals surface area contributed by atoms with Gasteiger partial charge < -0.3 is 19.5 Å². The van der Waals surface area contributed by atoms with Crippen molar-refractivity contribution in [3.63, 3.8) is 0 Å². The summed E-state index contributed by atoms with van der Waals surface area (Å²) in [5.41, 5.74) is 4.61. The molecule has 1 unspecified atom stereocenters. The molecule has 5 rings (SSSR count). The first-order valence-corrected chi connectivity index (χ1v) is 12.9. The summed E-state index contributed by atoms with van der Waals surface area (Å²) in [6.45, 7) is 3.73. The van der Waals surface area contributed by atoms with Crippen molar-refractivity contribution in [3.05, 3.63) is 95.2 Å². The van der Waals surface area contributed by atoms with Crippen molar-refractivity contribution in [3.8, 4) is 11.5 Å². The van der Waals surface area contributed by atoms with Crippen molar-refractivity contribution < 1.29 is 23.8 Å². The van der Waals surface area contributed by atoms with Crippen LogP contribution in [0.2, 0.25) is 0 Å². The number of anilines is 1. The molecule has 8 heteroatoms. The molecule has 0 saturated carbocycles. The molecule has 4 aromatic rings. The smallest absolute Gasteiger partial charge is 0.339 e. The van der Waals surface area contributed by atoms with Crippen molar-refractivity contribution in [2.75, 3.05) is 26.1 Å². The Kier molecular flexibility index (Phi) is 7.74. The third-order valence-corrected chi connectivity index (χ3v) is 6.90. The molecule has 0 radical (unpaired) electrons. The number of hydrogen-bond donors (Lipinski definition) is 1. The average molecular weight is 526 g/mol. The fourth-order valence-corrected chi connectivity index (χ4v) is 4.86. The van der Waals surface area contributed by atoms with E-state index in [1.165, 1.54) is 12.7 Å². The lowest BCUT2D eigenvalue weighted by atomic mass is 9.95. The third kappa shape index (κ3) is 5.71. The number of para-hydroxylation sites is 1. The number of fused-ring (bicyclic) bond motifs is 2. The maximum absolute atomic E-state index is 13.7. The number of carbonyl (C=O) groups is 2. The number of ether oxygens (including phenoxy) is 3. The molecule has 1 N–H and O–H groups in total. The van der Waals surface area contributed by atoms with Crippen molar-refractivity contribution in [1.29, 1.82) is 0 Å². The van der Waals surface area contributed by atoms with Crippen LogP contribution in [0.4, 0.5) is 5.69 Å². The molecule has 0 bridgehead atoms. The number of amides is 1. The number of carbonyl (C=O) groups excluding carboxylic acids is 2. The number of benzene rings is 3. The molecule has 0 aliphatic carbocycles. The van der Waals surface area contributed by atoms with E-state index in [4.69, 9.17) is 19.2 Å². The van der Waals surface area contributed by atoms with Crippen LogP contribution in [0.25, 0.3) is 10.9 Å². The van der Waals surface area contributed by atoms with Gasteiger partial charge in [0.25, 0.3) is 5.91 Å². The van der Waals surface area contributed by atoms with Crippen LogP contribution in [0.5, 0.6) is 11.5 Å². The number of pyridine rings is 1. The van der Waals surface area contributed by atoms with Gasteiger partial charge in [0.15, 0.2) is 6.10 Å². The minimum Gasteiger partial charge on any atom is -0.497 e. The summed E-state index contributed by atoms with van der Waals surface area (Å²) in [6, 6.07) is 22.9. The van der Waals surface area contributed by atoms with Gasteiger partial charge in [0.2, 0.25) is 0 Å². The van der Waals surface area contributed by atoms with E-state index in [1.807, 2.05) is 42.5 Å². The fourth-order valence-electron chi connectivity index (χ4n) is 4.86. The zero-order valence-electron chi connectivity index (χ0n) is 22.3. The molecule has 39 heavy (non-hydrogen) atoms. The van der Waals surface area contributed by atoms with Gasteiger partial charge in [0.05, 0.1) is 31.0 Å². The van der Waals surface area contributed by atoms with Crippen LogP contribution in [0.3, 0.4) is 0 Å². The lowest BCUT2D eigenvalue weighted by molar-refractivity contribution is -0.123. The van der Waals surface area contributed by atoms with E-state index in [0.717, 1.165) is 36.3 Å². The Hall–Kier alpha value is -4.43. The zero-order valence-corrected chi connectivity index (χ0v) is 22.3. The van der Waals surface area contributed by atoms with Gasteiger partial charge in [0.1, 0.15) is 11.5 Å². The Morgan fingerprint density at radius 3 is 2.54 bits per heavy atom. The molecule has 200 valence electrons. The molecule has 1 aromatic heterocycles. The van der Waals surface area contributed by atoms with Gasteiger partial charge in [-0.15, -0.1) is 0 Å². The van der Waals surface area contributed by atoms with E-state index in [2.05, 4.69) is 22.3 Å². The summed E-state index contributed by atoms with van der Waals surface area (Å²) in [6.07, 6.45) is -0.323. The van der Waals surface area contributed by atoms with Crippen molar-refractivity contribution in [2.45, 2.75) is 32.5 Å². The van der Waals surface area contributed by atoms with Crippen LogP contribution in [0.15, 0.2) is 72.8 Å². The van der Waals surface area contributed by atoms with Crippen molar-refractivity contribution in [1.82, 2.24) is 9.88 Å². The fraction of sp³-hybridized carbons (Fsp3) is 0.258. The summed E-state index contributed by atoms with van der Waals surface area (Å²) in [5.74, 6) is 0.0226. The Morgan fingerprint density at radius 2 is 1.77 bits per heavy atom. The maximum atomic E-state index is 13.7. The van der Waals surface area contributed by atoms with Gasteiger partial charge >= 0.3 is 5.97 Å². The van der Waals surface area contributed by atoms with Gasteiger partial charge in [-0.1, -0.05) is 48.5 Å². The number of hydrogen-bond acceptors (Lipinski definition) is 7. The summed E-state index contributed by atoms with van der Waals surface area (Å²) < 4.78 is 16.3. The van der Waals surface area contributed by atoms with E-state index in [0.29, 0.717) is 34.7 Å². The predicted molar refractivity (Wildman–Crippen MR) is 149 cm³/mol. The summed E-state index contributed by atoms with van der Waals surface area (Å²) in [7, 11) is 3.06. The van der Waals surface area contributed by atoms with Crippen LogP contribution in [-0.4, -0.2) is 48.6 Å². The van der Waals surface area contributed by atoms with Gasteiger partial charge in [-0.05, 0) is 30.7 Å².